The molecule has 14 heavy (non-hydrogen) atoms. The number of hydrogen-bond donors (Lipinski definition) is 2. The van der Waals surface area contributed by atoms with Gasteiger partial charge in [0.25, 0.3) is 0 Å². The van der Waals surface area contributed by atoms with Gasteiger partial charge in [-0.25, -0.2) is 9.97 Å². The van der Waals surface area contributed by atoms with Gasteiger partial charge in [-0.3, -0.25) is 5.10 Å². The van der Waals surface area contributed by atoms with E-state index < -0.39 is 0 Å². The molecule has 0 aliphatic rings. The normalized spacial score (nSPS) is 12.2. The second-order valence-electron chi connectivity index (χ2n) is 3.53. The second-order valence-corrected chi connectivity index (χ2v) is 6.22. The van der Waals surface area contributed by atoms with Gasteiger partial charge in [0.05, 0.1) is 14.5 Å². The topological polar surface area (TPSA) is 80.5 Å². The Labute approximate surface area is 94.6 Å². The Morgan fingerprint density at radius 3 is 2.79 bits per heavy atom. The predicted molar refractivity (Wildman–Crippen MR) is 63.1 cm³/mol. The Hall–Kier alpha value is -0.920. The van der Waals surface area contributed by atoms with Crippen LogP contribution in [-0.2, 0) is 3.42 Å². The van der Waals surface area contributed by atoms with Gasteiger partial charge in [0.1, 0.15) is 12.1 Å². The third-order valence-corrected chi connectivity index (χ3v) is 2.46. The average Bonchev–Trinajstić information content (AvgIpc) is 2.47. The number of alkyl halides is 1. The van der Waals surface area contributed by atoms with Crippen molar-refractivity contribution in [3.63, 3.8) is 0 Å². The van der Waals surface area contributed by atoms with E-state index in [1.54, 1.807) is 0 Å². The molecule has 0 spiro atoms. The summed E-state index contributed by atoms with van der Waals surface area (Å²) in [5.74, 6) is 0.475. The summed E-state index contributed by atoms with van der Waals surface area (Å²) in [4.78, 5) is 8.02. The highest BCUT2D eigenvalue weighted by atomic mass is 127. The molecule has 0 aliphatic carbocycles. The number of anilines is 1. The minimum absolute atomic E-state index is 0.0884. The van der Waals surface area contributed by atoms with Gasteiger partial charge in [-0.15, -0.1) is 0 Å². The van der Waals surface area contributed by atoms with Crippen LogP contribution in [0.15, 0.2) is 6.33 Å². The molecule has 0 aliphatic heterocycles. The molecule has 6 heteroatoms. The zero-order chi connectivity index (χ0) is 10.3. The number of nitrogens with zero attached hydrogens (tertiary/aromatic N) is 3. The van der Waals surface area contributed by atoms with E-state index in [-0.39, 0.29) is 3.42 Å². The van der Waals surface area contributed by atoms with E-state index in [1.165, 1.54) is 6.33 Å². The smallest absolute Gasteiger partial charge is 0.161 e. The van der Waals surface area contributed by atoms with Crippen molar-refractivity contribution in [2.24, 2.45) is 0 Å². The highest BCUT2D eigenvalue weighted by Gasteiger charge is 2.24. The SMILES string of the molecule is CC(C)(I)c1n[nH]c2ncnc(N)c12. The first-order valence-electron chi connectivity index (χ1n) is 4.14. The lowest BCUT2D eigenvalue weighted by Crippen LogP contribution is -2.08. The number of hydrogen-bond acceptors (Lipinski definition) is 4. The standard InChI is InChI=1S/C8H10IN5/c1-8(2,9)5-4-6(10)11-3-12-7(4)14-13-5/h3H,1-2H3,(H3,10,11,12,13,14). The van der Waals surface area contributed by atoms with Gasteiger partial charge >= 0.3 is 0 Å². The molecule has 74 valence electrons. The lowest BCUT2D eigenvalue weighted by Gasteiger charge is -2.13. The summed E-state index contributed by atoms with van der Waals surface area (Å²) in [5, 5.41) is 7.89. The van der Waals surface area contributed by atoms with E-state index in [9.17, 15) is 0 Å². The molecule has 2 rings (SSSR count). The van der Waals surface area contributed by atoms with Crippen molar-refractivity contribution in [1.82, 2.24) is 20.2 Å². The first kappa shape index (κ1) is 9.63. The largest absolute Gasteiger partial charge is 0.383 e. The minimum Gasteiger partial charge on any atom is -0.383 e. The monoisotopic (exact) mass is 303 g/mol. The van der Waals surface area contributed by atoms with Gasteiger partial charge in [0.15, 0.2) is 5.65 Å². The van der Waals surface area contributed by atoms with E-state index in [2.05, 4.69) is 56.6 Å². The van der Waals surface area contributed by atoms with Crippen LogP contribution in [0.4, 0.5) is 5.82 Å². The summed E-state index contributed by atoms with van der Waals surface area (Å²) >= 11 is 2.31. The second kappa shape index (κ2) is 3.04. The Kier molecular flexibility index (Phi) is 2.09. The fraction of sp³-hybridized carbons (Fsp3) is 0.375. The van der Waals surface area contributed by atoms with E-state index in [0.717, 1.165) is 11.1 Å². The van der Waals surface area contributed by atoms with Crippen molar-refractivity contribution < 1.29 is 0 Å². The van der Waals surface area contributed by atoms with Crippen molar-refractivity contribution in [2.45, 2.75) is 17.3 Å². The molecule has 0 aromatic carbocycles. The molecule has 0 unspecified atom stereocenters. The molecule has 5 nitrogen and oxygen atoms in total. The van der Waals surface area contributed by atoms with Gasteiger partial charge < -0.3 is 5.73 Å². The van der Waals surface area contributed by atoms with Crippen molar-refractivity contribution >= 4 is 39.4 Å². The quantitative estimate of drug-likeness (QED) is 0.619. The zero-order valence-corrected chi connectivity index (χ0v) is 10.0. The molecule has 2 heterocycles. The van der Waals surface area contributed by atoms with Gasteiger partial charge in [0, 0.05) is 0 Å². The van der Waals surface area contributed by atoms with Crippen LogP contribution in [0, 0.1) is 0 Å². The third kappa shape index (κ3) is 1.43. The minimum atomic E-state index is -0.0884. The van der Waals surface area contributed by atoms with Crippen LogP contribution in [0.2, 0.25) is 0 Å². The molecular weight excluding hydrogens is 293 g/mol. The number of H-pyrrole nitrogens is 1. The van der Waals surface area contributed by atoms with Crippen molar-refractivity contribution in [1.29, 1.82) is 0 Å². The molecule has 0 bridgehead atoms. The maximum atomic E-state index is 5.78. The molecule has 3 N–H and O–H groups in total. The number of nitrogen functional groups attached to an aromatic ring is 1. The first-order valence-corrected chi connectivity index (χ1v) is 5.22. The van der Waals surface area contributed by atoms with Crippen molar-refractivity contribution in [2.75, 3.05) is 5.73 Å². The van der Waals surface area contributed by atoms with E-state index >= 15 is 0 Å². The fourth-order valence-electron chi connectivity index (χ4n) is 1.31. The number of aromatic amines is 1. The Bertz CT molecular complexity index is 470. The molecule has 0 saturated heterocycles. The molecule has 2 aromatic rings. The zero-order valence-electron chi connectivity index (χ0n) is 7.87. The lowest BCUT2D eigenvalue weighted by atomic mass is 10.1. The number of rotatable bonds is 1. The van der Waals surface area contributed by atoms with Crippen LogP contribution in [0.1, 0.15) is 19.5 Å². The molecular formula is C8H10IN5. The molecule has 0 atom stereocenters. The first-order chi connectivity index (χ1) is 6.50. The number of halogens is 1. The van der Waals surface area contributed by atoms with Crippen LogP contribution >= 0.6 is 22.6 Å². The van der Waals surface area contributed by atoms with E-state index in [0.29, 0.717) is 11.5 Å². The summed E-state index contributed by atoms with van der Waals surface area (Å²) in [6.45, 7) is 4.13. The highest BCUT2D eigenvalue weighted by molar-refractivity contribution is 14.1. The van der Waals surface area contributed by atoms with Crippen LogP contribution in [0.5, 0.6) is 0 Å². The predicted octanol–water partition coefficient (Wildman–Crippen LogP) is 1.61. The fourth-order valence-corrected chi connectivity index (χ4v) is 1.70. The van der Waals surface area contributed by atoms with Crippen LogP contribution < -0.4 is 5.73 Å². The third-order valence-electron chi connectivity index (χ3n) is 1.95. The maximum absolute atomic E-state index is 5.78. The number of nitrogens with two attached hydrogens (primary N) is 1. The summed E-state index contributed by atoms with van der Waals surface area (Å²) in [6, 6.07) is 0. The number of aromatic nitrogens is 4. The van der Waals surface area contributed by atoms with Gasteiger partial charge in [0.2, 0.25) is 0 Å². The van der Waals surface area contributed by atoms with Crippen LogP contribution in [0.25, 0.3) is 11.0 Å². The van der Waals surface area contributed by atoms with Crippen LogP contribution in [0.3, 0.4) is 0 Å². The summed E-state index contributed by atoms with van der Waals surface area (Å²) < 4.78 is -0.0884. The molecule has 0 amide bonds. The highest BCUT2D eigenvalue weighted by Crippen LogP contribution is 2.34. The summed E-state index contributed by atoms with van der Waals surface area (Å²) in [7, 11) is 0. The number of fused-ring (bicyclic) bond motifs is 1. The van der Waals surface area contributed by atoms with Crippen LogP contribution in [-0.4, -0.2) is 20.2 Å². The molecule has 0 radical (unpaired) electrons. The van der Waals surface area contributed by atoms with Crippen molar-refractivity contribution in [3.05, 3.63) is 12.0 Å². The van der Waals surface area contributed by atoms with Gasteiger partial charge in [-0.2, -0.15) is 5.10 Å². The summed E-state index contributed by atoms with van der Waals surface area (Å²) in [5.41, 5.74) is 7.37. The molecule has 2 aromatic heterocycles. The van der Waals surface area contributed by atoms with Gasteiger partial charge in [-0.05, 0) is 13.8 Å². The van der Waals surface area contributed by atoms with E-state index in [1.807, 2.05) is 0 Å². The summed E-state index contributed by atoms with van der Waals surface area (Å²) in [6.07, 6.45) is 1.43. The molecule has 0 fully saturated rings. The maximum Gasteiger partial charge on any atom is 0.161 e. The Morgan fingerprint density at radius 1 is 1.43 bits per heavy atom. The molecule has 0 saturated carbocycles. The van der Waals surface area contributed by atoms with E-state index in [4.69, 9.17) is 5.73 Å². The average molecular weight is 303 g/mol. The lowest BCUT2D eigenvalue weighted by molar-refractivity contribution is 0.784. The van der Waals surface area contributed by atoms with Gasteiger partial charge in [-0.1, -0.05) is 22.6 Å². The Balaban J connectivity index is 2.80. The number of nitrogens with one attached hydrogen (secondary N) is 1. The Morgan fingerprint density at radius 2 is 2.14 bits per heavy atom. The van der Waals surface area contributed by atoms with Crippen molar-refractivity contribution in [3.8, 4) is 0 Å².